The molecule has 1 fully saturated rings. The zero-order chi connectivity index (χ0) is 14.0. The van der Waals surface area contributed by atoms with E-state index in [9.17, 15) is 9.18 Å². The maximum Gasteiger partial charge on any atom is 0.230 e. The monoisotopic (exact) mass is 266 g/mol. The first-order valence-corrected chi connectivity index (χ1v) is 6.30. The summed E-state index contributed by atoms with van der Waals surface area (Å²) in [6.07, 6.45) is 0. The van der Waals surface area contributed by atoms with Crippen molar-refractivity contribution in [1.82, 2.24) is 5.32 Å². The standard InChI is InChI=1S/C14H19FN2O2/c1-9-3-4-10(5-11(9)15)6-17-13(18)14(2)8-19-7-12(14)16/h3-5,12H,6-8,16H2,1-2H3,(H,17,18). The Morgan fingerprint density at radius 1 is 1.63 bits per heavy atom. The average Bonchev–Trinajstić information content (AvgIpc) is 2.72. The minimum Gasteiger partial charge on any atom is -0.379 e. The predicted molar refractivity (Wildman–Crippen MR) is 69.9 cm³/mol. The van der Waals surface area contributed by atoms with Crippen LogP contribution in [0.15, 0.2) is 18.2 Å². The van der Waals surface area contributed by atoms with Gasteiger partial charge in [0.2, 0.25) is 5.91 Å². The van der Waals surface area contributed by atoms with Gasteiger partial charge in [0.15, 0.2) is 0 Å². The summed E-state index contributed by atoms with van der Waals surface area (Å²) >= 11 is 0. The number of nitrogens with one attached hydrogen (secondary N) is 1. The lowest BCUT2D eigenvalue weighted by Gasteiger charge is -2.25. The van der Waals surface area contributed by atoms with E-state index >= 15 is 0 Å². The maximum atomic E-state index is 13.4. The molecule has 1 aromatic rings. The van der Waals surface area contributed by atoms with Crippen LogP contribution in [0.1, 0.15) is 18.1 Å². The molecule has 1 saturated heterocycles. The van der Waals surface area contributed by atoms with Crippen LogP contribution >= 0.6 is 0 Å². The van der Waals surface area contributed by atoms with E-state index in [1.807, 2.05) is 0 Å². The number of rotatable bonds is 3. The fraction of sp³-hybridized carbons (Fsp3) is 0.500. The molecule has 0 spiro atoms. The summed E-state index contributed by atoms with van der Waals surface area (Å²) < 4.78 is 18.6. The number of nitrogens with two attached hydrogens (primary N) is 1. The van der Waals surface area contributed by atoms with Crippen molar-refractivity contribution in [1.29, 1.82) is 0 Å². The van der Waals surface area contributed by atoms with Gasteiger partial charge in [0.05, 0.1) is 18.6 Å². The van der Waals surface area contributed by atoms with Crippen LogP contribution in [0.3, 0.4) is 0 Å². The Bertz CT molecular complexity index is 492. The van der Waals surface area contributed by atoms with Gasteiger partial charge in [-0.25, -0.2) is 4.39 Å². The highest BCUT2D eigenvalue weighted by Crippen LogP contribution is 2.27. The number of hydrogen-bond acceptors (Lipinski definition) is 3. The summed E-state index contributed by atoms with van der Waals surface area (Å²) in [5.74, 6) is -0.419. The first-order chi connectivity index (χ1) is 8.93. The zero-order valence-electron chi connectivity index (χ0n) is 11.2. The molecule has 0 aliphatic carbocycles. The quantitative estimate of drug-likeness (QED) is 0.861. The minimum absolute atomic E-state index is 0.154. The van der Waals surface area contributed by atoms with Crippen LogP contribution in [-0.2, 0) is 16.1 Å². The molecule has 1 amide bonds. The van der Waals surface area contributed by atoms with Crippen molar-refractivity contribution < 1.29 is 13.9 Å². The first-order valence-electron chi connectivity index (χ1n) is 6.30. The molecule has 104 valence electrons. The van der Waals surface area contributed by atoms with E-state index in [-0.39, 0.29) is 17.8 Å². The van der Waals surface area contributed by atoms with Crippen molar-refractivity contribution in [3.63, 3.8) is 0 Å². The lowest BCUT2D eigenvalue weighted by molar-refractivity contribution is -0.130. The second kappa shape index (κ2) is 5.27. The molecule has 1 aliphatic rings. The lowest BCUT2D eigenvalue weighted by Crippen LogP contribution is -2.49. The highest BCUT2D eigenvalue weighted by molar-refractivity contribution is 5.83. The second-order valence-corrected chi connectivity index (χ2v) is 5.31. The third kappa shape index (κ3) is 2.77. The lowest BCUT2D eigenvalue weighted by atomic mass is 9.85. The largest absolute Gasteiger partial charge is 0.379 e. The van der Waals surface area contributed by atoms with Gasteiger partial charge < -0.3 is 15.8 Å². The van der Waals surface area contributed by atoms with Crippen LogP contribution in [0, 0.1) is 18.2 Å². The van der Waals surface area contributed by atoms with Gasteiger partial charge in [-0.2, -0.15) is 0 Å². The van der Waals surface area contributed by atoms with Gasteiger partial charge >= 0.3 is 0 Å². The minimum atomic E-state index is -0.705. The van der Waals surface area contributed by atoms with Crippen molar-refractivity contribution in [2.24, 2.45) is 11.1 Å². The number of aryl methyl sites for hydroxylation is 1. The van der Waals surface area contributed by atoms with Gasteiger partial charge in [0.1, 0.15) is 5.82 Å². The molecule has 2 rings (SSSR count). The number of hydrogen-bond donors (Lipinski definition) is 2. The van der Waals surface area contributed by atoms with Gasteiger partial charge in [-0.05, 0) is 31.0 Å². The summed E-state index contributed by atoms with van der Waals surface area (Å²) in [4.78, 5) is 12.1. The Labute approximate surface area is 112 Å². The molecule has 2 unspecified atom stereocenters. The molecule has 1 aromatic carbocycles. The Kier molecular flexibility index (Phi) is 3.87. The van der Waals surface area contributed by atoms with E-state index in [1.54, 1.807) is 26.0 Å². The highest BCUT2D eigenvalue weighted by Gasteiger charge is 2.44. The van der Waals surface area contributed by atoms with Gasteiger partial charge in [-0.3, -0.25) is 4.79 Å². The van der Waals surface area contributed by atoms with Crippen molar-refractivity contribution >= 4 is 5.91 Å². The molecule has 4 nitrogen and oxygen atoms in total. The van der Waals surface area contributed by atoms with Crippen molar-refractivity contribution in [2.75, 3.05) is 13.2 Å². The molecule has 3 N–H and O–H groups in total. The fourth-order valence-electron chi connectivity index (χ4n) is 2.05. The molecule has 5 heteroatoms. The van der Waals surface area contributed by atoms with E-state index in [4.69, 9.17) is 10.5 Å². The Hall–Kier alpha value is -1.46. The number of ether oxygens (including phenoxy) is 1. The molecule has 19 heavy (non-hydrogen) atoms. The molecule has 1 heterocycles. The van der Waals surface area contributed by atoms with Crippen LogP contribution in [0.5, 0.6) is 0 Å². The molecule has 0 radical (unpaired) electrons. The number of amides is 1. The SMILES string of the molecule is Cc1ccc(CNC(=O)C2(C)COCC2N)cc1F. The molecule has 2 atom stereocenters. The normalized spacial score (nSPS) is 26.4. The topological polar surface area (TPSA) is 64.3 Å². The summed E-state index contributed by atoms with van der Waals surface area (Å²) in [5.41, 5.74) is 6.50. The van der Waals surface area contributed by atoms with Crippen LogP contribution in [-0.4, -0.2) is 25.2 Å². The Morgan fingerprint density at radius 3 is 2.95 bits per heavy atom. The van der Waals surface area contributed by atoms with E-state index in [2.05, 4.69) is 5.32 Å². The van der Waals surface area contributed by atoms with E-state index < -0.39 is 5.41 Å². The Balaban J connectivity index is 1.98. The van der Waals surface area contributed by atoms with Crippen molar-refractivity contribution in [2.45, 2.75) is 26.4 Å². The maximum absolute atomic E-state index is 13.4. The van der Waals surface area contributed by atoms with Gasteiger partial charge in [0, 0.05) is 12.6 Å². The summed E-state index contributed by atoms with van der Waals surface area (Å²) in [6.45, 7) is 4.49. The molecule has 1 aliphatic heterocycles. The smallest absolute Gasteiger partial charge is 0.230 e. The van der Waals surface area contributed by atoms with E-state index in [0.717, 1.165) is 5.56 Å². The summed E-state index contributed by atoms with van der Waals surface area (Å²) in [6, 6.07) is 4.63. The number of carbonyl (C=O) groups is 1. The third-order valence-electron chi connectivity index (χ3n) is 3.73. The average molecular weight is 266 g/mol. The van der Waals surface area contributed by atoms with Crippen LogP contribution in [0.2, 0.25) is 0 Å². The number of benzene rings is 1. The Morgan fingerprint density at radius 2 is 2.37 bits per heavy atom. The van der Waals surface area contributed by atoms with Gasteiger partial charge in [-0.15, -0.1) is 0 Å². The van der Waals surface area contributed by atoms with E-state index in [0.29, 0.717) is 25.3 Å². The van der Waals surface area contributed by atoms with Gasteiger partial charge in [-0.1, -0.05) is 12.1 Å². The molecular weight excluding hydrogens is 247 g/mol. The van der Waals surface area contributed by atoms with E-state index in [1.165, 1.54) is 6.07 Å². The molecule has 0 saturated carbocycles. The van der Waals surface area contributed by atoms with Crippen LogP contribution in [0.25, 0.3) is 0 Å². The summed E-state index contributed by atoms with van der Waals surface area (Å²) in [7, 11) is 0. The number of halogens is 1. The highest BCUT2D eigenvalue weighted by atomic mass is 19.1. The first kappa shape index (κ1) is 14.0. The summed E-state index contributed by atoms with van der Waals surface area (Å²) in [5, 5.41) is 2.79. The second-order valence-electron chi connectivity index (χ2n) is 5.31. The van der Waals surface area contributed by atoms with Crippen LogP contribution < -0.4 is 11.1 Å². The predicted octanol–water partition coefficient (Wildman–Crippen LogP) is 1.11. The molecule has 0 bridgehead atoms. The fourth-order valence-corrected chi connectivity index (χ4v) is 2.05. The third-order valence-corrected chi connectivity index (χ3v) is 3.73. The van der Waals surface area contributed by atoms with Crippen LogP contribution in [0.4, 0.5) is 4.39 Å². The zero-order valence-corrected chi connectivity index (χ0v) is 11.2. The number of carbonyl (C=O) groups excluding carboxylic acids is 1. The molecular formula is C14H19FN2O2. The van der Waals surface area contributed by atoms with Gasteiger partial charge in [0.25, 0.3) is 0 Å². The van der Waals surface area contributed by atoms with Crippen molar-refractivity contribution in [3.8, 4) is 0 Å². The molecule has 0 aromatic heterocycles. The van der Waals surface area contributed by atoms with Crippen molar-refractivity contribution in [3.05, 3.63) is 35.1 Å².